The molecule has 0 unspecified atom stereocenters. The molecule has 16 rings (SSSR count). The lowest BCUT2D eigenvalue weighted by Gasteiger charge is -2.26. The Hall–Kier alpha value is -11.0. The largest absolute Gasteiger partial charge is 0.311 e. The number of rotatable bonds is 10. The van der Waals surface area contributed by atoms with E-state index in [1.807, 2.05) is 0 Å². The van der Waals surface area contributed by atoms with Crippen molar-refractivity contribution in [1.82, 2.24) is 9.13 Å². The topological polar surface area (TPSA) is 13.1 Å². The Morgan fingerprint density at radius 1 is 0.181 bits per heavy atom. The molecule has 3 nitrogen and oxygen atoms in total. The summed E-state index contributed by atoms with van der Waals surface area (Å²) in [5.41, 5.74) is 22.1. The SMILES string of the molecule is c1ccc(-c2ccc(N(c3ccccc3)c3ccc(-c4ccc(-c5cc(-c6ccc7c(c6)c6ccccc6n7-c6cccc7ccccc67)cc(-c6ccc7c(c6)c6ccccc6n7-c6cccc7ccccc67)c5)cc4)cc3)cc2)cc1. The molecule has 14 aromatic carbocycles. The summed E-state index contributed by atoms with van der Waals surface area (Å²) in [5, 5.41) is 9.83. The van der Waals surface area contributed by atoms with Crippen molar-refractivity contribution in [2.24, 2.45) is 0 Å². The van der Waals surface area contributed by atoms with Crippen molar-refractivity contribution in [3.63, 3.8) is 0 Å². The van der Waals surface area contributed by atoms with E-state index in [4.69, 9.17) is 0 Å². The van der Waals surface area contributed by atoms with Crippen LogP contribution in [0.2, 0.25) is 0 Å². The fourth-order valence-electron chi connectivity index (χ4n) is 12.9. The minimum Gasteiger partial charge on any atom is -0.311 e. The van der Waals surface area contributed by atoms with Gasteiger partial charge in [0.25, 0.3) is 0 Å². The average molecular weight is 1060 g/mol. The molecule has 2 heterocycles. The fraction of sp³-hybridized carbons (Fsp3) is 0. The number of benzene rings is 14. The van der Waals surface area contributed by atoms with E-state index in [9.17, 15) is 0 Å². The van der Waals surface area contributed by atoms with Gasteiger partial charge in [-0.05, 0) is 170 Å². The predicted molar refractivity (Wildman–Crippen MR) is 352 cm³/mol. The zero-order chi connectivity index (χ0) is 54.8. The van der Waals surface area contributed by atoms with Crippen molar-refractivity contribution >= 4 is 82.2 Å². The van der Waals surface area contributed by atoms with Gasteiger partial charge in [-0.15, -0.1) is 0 Å². The smallest absolute Gasteiger partial charge is 0.0541 e. The third-order valence-corrected chi connectivity index (χ3v) is 16.9. The molecule has 0 saturated carbocycles. The van der Waals surface area contributed by atoms with E-state index < -0.39 is 0 Å². The number of hydrogen-bond donors (Lipinski definition) is 0. The van der Waals surface area contributed by atoms with Crippen LogP contribution in [0.4, 0.5) is 17.1 Å². The van der Waals surface area contributed by atoms with Crippen LogP contribution >= 0.6 is 0 Å². The summed E-state index contributed by atoms with van der Waals surface area (Å²) in [6.45, 7) is 0. The van der Waals surface area contributed by atoms with Crippen molar-refractivity contribution in [3.05, 3.63) is 322 Å². The maximum atomic E-state index is 2.45. The van der Waals surface area contributed by atoms with Gasteiger partial charge in [-0.1, -0.05) is 218 Å². The third-order valence-electron chi connectivity index (χ3n) is 16.9. The quantitative estimate of drug-likeness (QED) is 0.133. The second-order valence-electron chi connectivity index (χ2n) is 21.7. The predicted octanol–water partition coefficient (Wildman–Crippen LogP) is 22.0. The van der Waals surface area contributed by atoms with Crippen molar-refractivity contribution < 1.29 is 0 Å². The van der Waals surface area contributed by atoms with Crippen molar-refractivity contribution in [2.45, 2.75) is 0 Å². The van der Waals surface area contributed by atoms with E-state index in [-0.39, 0.29) is 0 Å². The van der Waals surface area contributed by atoms with Crippen molar-refractivity contribution in [2.75, 3.05) is 4.90 Å². The molecule has 0 atom stereocenters. The zero-order valence-corrected chi connectivity index (χ0v) is 45.4. The van der Waals surface area contributed by atoms with Gasteiger partial charge in [0.05, 0.1) is 33.4 Å². The second kappa shape index (κ2) is 20.0. The molecule has 0 aliphatic carbocycles. The number of aromatic nitrogens is 2. The highest BCUT2D eigenvalue weighted by atomic mass is 15.1. The molecule has 0 fully saturated rings. The Morgan fingerprint density at radius 3 is 0.964 bits per heavy atom. The average Bonchev–Trinajstić information content (AvgIpc) is 2.90. The number of nitrogens with zero attached hydrogens (tertiary/aromatic N) is 3. The maximum Gasteiger partial charge on any atom is 0.0541 e. The van der Waals surface area contributed by atoms with Crippen LogP contribution in [0, 0.1) is 0 Å². The molecule has 0 amide bonds. The first-order chi connectivity index (χ1) is 41.1. The molecule has 0 aliphatic heterocycles. The van der Waals surface area contributed by atoms with E-state index in [1.165, 1.54) is 98.8 Å². The van der Waals surface area contributed by atoms with Gasteiger partial charge in [0, 0.05) is 49.4 Å². The van der Waals surface area contributed by atoms with Crippen molar-refractivity contribution in [1.29, 1.82) is 0 Å². The van der Waals surface area contributed by atoms with Crippen LogP contribution in [-0.2, 0) is 0 Å². The molecule has 2 aromatic heterocycles. The summed E-state index contributed by atoms with van der Waals surface area (Å²) in [5.74, 6) is 0. The first-order valence-electron chi connectivity index (χ1n) is 28.6. The second-order valence-corrected chi connectivity index (χ2v) is 21.7. The van der Waals surface area contributed by atoms with Gasteiger partial charge in [-0.2, -0.15) is 0 Å². The molecule has 388 valence electrons. The lowest BCUT2D eigenvalue weighted by atomic mass is 9.91. The summed E-state index contributed by atoms with van der Waals surface area (Å²) in [6, 6.07) is 118. The van der Waals surface area contributed by atoms with Gasteiger partial charge in [0.1, 0.15) is 0 Å². The first-order valence-corrected chi connectivity index (χ1v) is 28.6. The van der Waals surface area contributed by atoms with Gasteiger partial charge < -0.3 is 14.0 Å². The Balaban J connectivity index is 0.807. The van der Waals surface area contributed by atoms with Gasteiger partial charge in [0.15, 0.2) is 0 Å². The van der Waals surface area contributed by atoms with Crippen LogP contribution in [0.3, 0.4) is 0 Å². The molecule has 0 saturated heterocycles. The Morgan fingerprint density at radius 2 is 0.494 bits per heavy atom. The van der Waals surface area contributed by atoms with Gasteiger partial charge >= 0.3 is 0 Å². The lowest BCUT2D eigenvalue weighted by Crippen LogP contribution is -2.09. The molecule has 83 heavy (non-hydrogen) atoms. The van der Waals surface area contributed by atoms with E-state index >= 15 is 0 Å². The number of anilines is 3. The van der Waals surface area contributed by atoms with Crippen LogP contribution < -0.4 is 4.90 Å². The molecule has 0 N–H and O–H groups in total. The highest BCUT2D eigenvalue weighted by Gasteiger charge is 2.20. The number of hydrogen-bond acceptors (Lipinski definition) is 1. The Labute approximate surface area is 482 Å². The number of para-hydroxylation sites is 3. The van der Waals surface area contributed by atoms with E-state index in [0.29, 0.717) is 0 Å². The molecule has 0 radical (unpaired) electrons. The van der Waals surface area contributed by atoms with E-state index in [0.717, 1.165) is 50.4 Å². The Kier molecular flexibility index (Phi) is 11.5. The fourth-order valence-corrected chi connectivity index (χ4v) is 12.9. The van der Waals surface area contributed by atoms with Crippen LogP contribution in [0.15, 0.2) is 322 Å². The summed E-state index contributed by atoms with van der Waals surface area (Å²) in [7, 11) is 0. The summed E-state index contributed by atoms with van der Waals surface area (Å²) in [4.78, 5) is 2.33. The number of fused-ring (bicyclic) bond motifs is 8. The minimum atomic E-state index is 1.10. The van der Waals surface area contributed by atoms with Gasteiger partial charge in [-0.3, -0.25) is 0 Å². The normalized spacial score (nSPS) is 11.6. The minimum absolute atomic E-state index is 1.10. The maximum absolute atomic E-state index is 2.45. The van der Waals surface area contributed by atoms with Crippen LogP contribution in [0.5, 0.6) is 0 Å². The molecule has 0 spiro atoms. The van der Waals surface area contributed by atoms with Crippen LogP contribution in [-0.4, -0.2) is 9.13 Å². The molecular weight excluding hydrogens is 1000 g/mol. The summed E-state index contributed by atoms with van der Waals surface area (Å²) in [6.07, 6.45) is 0. The lowest BCUT2D eigenvalue weighted by molar-refractivity contribution is 1.20. The summed E-state index contributed by atoms with van der Waals surface area (Å²) < 4.78 is 4.89. The molecular formula is C80H53N3. The molecule has 16 aromatic rings. The van der Waals surface area contributed by atoms with Gasteiger partial charge in [-0.25, -0.2) is 0 Å². The third kappa shape index (κ3) is 8.37. The molecule has 3 heteroatoms. The summed E-state index contributed by atoms with van der Waals surface area (Å²) >= 11 is 0. The molecule has 0 aliphatic rings. The van der Waals surface area contributed by atoms with Crippen LogP contribution in [0.1, 0.15) is 0 Å². The van der Waals surface area contributed by atoms with E-state index in [2.05, 4.69) is 336 Å². The van der Waals surface area contributed by atoms with Crippen molar-refractivity contribution in [3.8, 4) is 67.0 Å². The Bertz CT molecular complexity index is 4880. The zero-order valence-electron chi connectivity index (χ0n) is 45.4. The van der Waals surface area contributed by atoms with Crippen LogP contribution in [0.25, 0.3) is 132 Å². The first kappa shape index (κ1) is 48.0. The highest BCUT2D eigenvalue weighted by molar-refractivity contribution is 6.13. The highest BCUT2D eigenvalue weighted by Crippen LogP contribution is 2.43. The van der Waals surface area contributed by atoms with Gasteiger partial charge in [0.2, 0.25) is 0 Å². The standard InChI is InChI=1S/C80H53N3/c1-3-17-54(18-4-1)56-37-43-67(44-38-56)81(66-23-5-2-6-24-66)68-45-39-57(40-46-68)55-33-35-58(36-34-55)63-49-64(61-41-47-79-73(52-61)71-27-11-13-29-77(71)82(79)75-31-15-21-59-19-7-9-25-69(59)75)51-65(50-63)62-42-48-80-74(53-62)72-28-12-14-30-78(72)83(80)76-32-16-22-60-20-8-10-26-70(60)76/h1-53H. The molecule has 0 bridgehead atoms. The monoisotopic (exact) mass is 1060 g/mol. The van der Waals surface area contributed by atoms with E-state index in [1.54, 1.807) is 0 Å².